The maximum absolute atomic E-state index is 3.54. The summed E-state index contributed by atoms with van der Waals surface area (Å²) >= 11 is 0. The molecular weight excluding hydrogens is 340 g/mol. The lowest BCUT2D eigenvalue weighted by Crippen LogP contribution is -2.24. The molecule has 0 aromatic heterocycles. The van der Waals surface area contributed by atoms with E-state index in [9.17, 15) is 0 Å². The molecule has 0 radical (unpaired) electrons. The highest BCUT2D eigenvalue weighted by Gasteiger charge is 2.09. The topological polar surface area (TPSA) is 15.3 Å². The number of nitrogens with zero attached hydrogens (tertiary/aromatic N) is 1. The minimum absolute atomic E-state index is 1.07. The second-order valence-electron chi connectivity index (χ2n) is 7.33. The van der Waals surface area contributed by atoms with Gasteiger partial charge in [0.05, 0.1) is 17.1 Å². The molecule has 0 fully saturated rings. The Morgan fingerprint density at radius 2 is 1.18 bits per heavy atom. The first-order valence-corrected chi connectivity index (χ1v) is 10.6. The molecule has 2 nitrogen and oxygen atoms in total. The Hall–Kier alpha value is -2.74. The molecule has 146 valence electrons. The zero-order valence-corrected chi connectivity index (χ0v) is 17.0. The van der Waals surface area contributed by atoms with Crippen molar-refractivity contribution in [2.24, 2.45) is 0 Å². The van der Waals surface area contributed by atoms with Gasteiger partial charge in [0.1, 0.15) is 0 Å². The van der Waals surface area contributed by atoms with Crippen molar-refractivity contribution < 1.29 is 0 Å². The number of benzene rings is 3. The van der Waals surface area contributed by atoms with E-state index in [1.807, 2.05) is 12.1 Å². The number of aryl methyl sites for hydroxylation is 1. The van der Waals surface area contributed by atoms with Crippen molar-refractivity contribution in [2.45, 2.75) is 51.9 Å². The van der Waals surface area contributed by atoms with E-state index in [1.54, 1.807) is 0 Å². The van der Waals surface area contributed by atoms with E-state index in [1.165, 1.54) is 50.5 Å². The molecule has 28 heavy (non-hydrogen) atoms. The maximum atomic E-state index is 3.54. The molecule has 2 heteroatoms. The number of anilines is 3. The molecule has 3 aromatic carbocycles. The van der Waals surface area contributed by atoms with Crippen molar-refractivity contribution in [3.63, 3.8) is 0 Å². The van der Waals surface area contributed by atoms with Crippen LogP contribution in [0.25, 0.3) is 0 Å². The number of hydrogen-bond acceptors (Lipinski definition) is 2. The van der Waals surface area contributed by atoms with Crippen molar-refractivity contribution in [1.29, 1.82) is 0 Å². The standard InChI is InChI=1S/C26H32N2/c1-2-3-4-5-6-9-14-23-19-21-26(22-20-23)28(25-17-12-8-13-18-25)27-24-15-10-7-11-16-24/h7-8,10-13,15-22,27H,2-6,9,14H2,1H3. The molecular formula is C26H32N2. The van der Waals surface area contributed by atoms with Gasteiger partial charge >= 0.3 is 0 Å². The quantitative estimate of drug-likeness (QED) is 0.273. The molecule has 0 saturated carbocycles. The molecule has 0 aliphatic rings. The number of hydrazine groups is 1. The van der Waals surface area contributed by atoms with Crippen LogP contribution < -0.4 is 10.4 Å². The third-order valence-corrected chi connectivity index (χ3v) is 5.04. The van der Waals surface area contributed by atoms with Gasteiger partial charge in [0, 0.05) is 0 Å². The van der Waals surface area contributed by atoms with Crippen LogP contribution in [0.3, 0.4) is 0 Å². The van der Waals surface area contributed by atoms with Crippen molar-refractivity contribution in [2.75, 3.05) is 10.4 Å². The predicted octanol–water partition coefficient (Wildman–Crippen LogP) is 7.75. The minimum Gasteiger partial charge on any atom is -0.294 e. The number of para-hydroxylation sites is 2. The predicted molar refractivity (Wildman–Crippen MR) is 122 cm³/mol. The number of nitrogens with one attached hydrogen (secondary N) is 1. The van der Waals surface area contributed by atoms with Gasteiger partial charge in [-0.2, -0.15) is 0 Å². The van der Waals surface area contributed by atoms with Gasteiger partial charge < -0.3 is 0 Å². The lowest BCUT2D eigenvalue weighted by molar-refractivity contribution is 0.607. The Balaban J connectivity index is 1.65. The SMILES string of the molecule is CCCCCCCCc1ccc(N(Nc2ccccc2)c2ccccc2)cc1. The highest BCUT2D eigenvalue weighted by molar-refractivity contribution is 5.68. The number of hydrogen-bond donors (Lipinski definition) is 1. The zero-order valence-electron chi connectivity index (χ0n) is 17.0. The molecule has 0 unspecified atom stereocenters. The van der Waals surface area contributed by atoms with Crippen LogP contribution in [0.2, 0.25) is 0 Å². The monoisotopic (exact) mass is 372 g/mol. The van der Waals surface area contributed by atoms with Gasteiger partial charge in [0.25, 0.3) is 0 Å². The minimum atomic E-state index is 1.07. The molecule has 0 saturated heterocycles. The summed E-state index contributed by atoms with van der Waals surface area (Å²) in [6.07, 6.45) is 9.24. The van der Waals surface area contributed by atoms with Gasteiger partial charge in [-0.15, -0.1) is 0 Å². The van der Waals surface area contributed by atoms with Crippen molar-refractivity contribution in [3.05, 3.63) is 90.5 Å². The first-order chi connectivity index (χ1) is 13.9. The molecule has 1 N–H and O–H groups in total. The average molecular weight is 373 g/mol. The second-order valence-corrected chi connectivity index (χ2v) is 7.33. The van der Waals surface area contributed by atoms with Gasteiger partial charge in [-0.1, -0.05) is 87.6 Å². The van der Waals surface area contributed by atoms with Gasteiger partial charge in [-0.25, -0.2) is 0 Å². The van der Waals surface area contributed by atoms with Crippen LogP contribution in [-0.4, -0.2) is 0 Å². The lowest BCUT2D eigenvalue weighted by Gasteiger charge is -2.27. The van der Waals surface area contributed by atoms with Crippen LogP contribution in [-0.2, 0) is 6.42 Å². The zero-order chi connectivity index (χ0) is 19.4. The van der Waals surface area contributed by atoms with E-state index in [2.05, 4.69) is 90.2 Å². The molecule has 0 amide bonds. The van der Waals surface area contributed by atoms with Crippen molar-refractivity contribution in [3.8, 4) is 0 Å². The van der Waals surface area contributed by atoms with E-state index < -0.39 is 0 Å². The van der Waals surface area contributed by atoms with Crippen molar-refractivity contribution >= 4 is 17.1 Å². The number of rotatable bonds is 11. The highest BCUT2D eigenvalue weighted by Crippen LogP contribution is 2.26. The van der Waals surface area contributed by atoms with Crippen LogP contribution in [0.5, 0.6) is 0 Å². The second kappa shape index (κ2) is 11.2. The fraction of sp³-hybridized carbons (Fsp3) is 0.308. The van der Waals surface area contributed by atoms with Crippen LogP contribution in [0, 0.1) is 0 Å². The summed E-state index contributed by atoms with van der Waals surface area (Å²) in [4.78, 5) is 0. The van der Waals surface area contributed by atoms with Crippen LogP contribution in [0.1, 0.15) is 51.0 Å². The number of unbranched alkanes of at least 4 members (excludes halogenated alkanes) is 5. The third kappa shape index (κ3) is 6.16. The van der Waals surface area contributed by atoms with E-state index in [-0.39, 0.29) is 0 Å². The fourth-order valence-corrected chi connectivity index (χ4v) is 3.42. The van der Waals surface area contributed by atoms with Gasteiger partial charge in [-0.3, -0.25) is 10.4 Å². The smallest absolute Gasteiger partial charge is 0.0630 e. The van der Waals surface area contributed by atoms with Crippen LogP contribution in [0.4, 0.5) is 17.1 Å². The lowest BCUT2D eigenvalue weighted by atomic mass is 10.0. The first kappa shape index (κ1) is 20.0. The summed E-state index contributed by atoms with van der Waals surface area (Å²) in [5, 5.41) is 2.14. The maximum Gasteiger partial charge on any atom is 0.0630 e. The molecule has 3 rings (SSSR count). The van der Waals surface area contributed by atoms with Gasteiger partial charge in [0.15, 0.2) is 0 Å². The molecule has 0 aliphatic carbocycles. The average Bonchev–Trinajstić information content (AvgIpc) is 2.76. The molecule has 0 bridgehead atoms. The molecule has 3 aromatic rings. The largest absolute Gasteiger partial charge is 0.294 e. The molecule has 0 spiro atoms. The van der Waals surface area contributed by atoms with Gasteiger partial charge in [0.2, 0.25) is 0 Å². The highest BCUT2D eigenvalue weighted by atomic mass is 15.5. The molecule has 0 heterocycles. The Morgan fingerprint density at radius 1 is 0.607 bits per heavy atom. The summed E-state index contributed by atoms with van der Waals surface area (Å²) < 4.78 is 0. The fourth-order valence-electron chi connectivity index (χ4n) is 3.42. The van der Waals surface area contributed by atoms with Crippen molar-refractivity contribution in [1.82, 2.24) is 0 Å². The van der Waals surface area contributed by atoms with Gasteiger partial charge in [-0.05, 0) is 54.8 Å². The summed E-state index contributed by atoms with van der Waals surface area (Å²) in [5.74, 6) is 0. The first-order valence-electron chi connectivity index (χ1n) is 10.6. The summed E-state index contributed by atoms with van der Waals surface area (Å²) in [6.45, 7) is 2.27. The molecule has 0 atom stereocenters. The Bertz CT molecular complexity index is 782. The van der Waals surface area contributed by atoms with Crippen LogP contribution >= 0.6 is 0 Å². The normalized spacial score (nSPS) is 10.6. The summed E-state index contributed by atoms with van der Waals surface area (Å²) in [6, 6.07) is 29.7. The summed E-state index contributed by atoms with van der Waals surface area (Å²) in [7, 11) is 0. The Labute approximate surface area is 170 Å². The van der Waals surface area contributed by atoms with E-state index in [0.717, 1.165) is 17.1 Å². The molecule has 0 aliphatic heterocycles. The van der Waals surface area contributed by atoms with Crippen LogP contribution in [0.15, 0.2) is 84.9 Å². The third-order valence-electron chi connectivity index (χ3n) is 5.04. The Morgan fingerprint density at radius 3 is 1.86 bits per heavy atom. The van der Waals surface area contributed by atoms with E-state index in [0.29, 0.717) is 0 Å². The summed E-state index contributed by atoms with van der Waals surface area (Å²) in [5.41, 5.74) is 8.29. The van der Waals surface area contributed by atoms with E-state index in [4.69, 9.17) is 0 Å². The van der Waals surface area contributed by atoms with E-state index >= 15 is 0 Å². The Kier molecular flexibility index (Phi) is 7.99.